The van der Waals surface area contributed by atoms with Crippen molar-refractivity contribution in [3.63, 3.8) is 0 Å². The molecule has 0 bridgehead atoms. The Hall–Kier alpha value is -2.77. The Morgan fingerprint density at radius 2 is 1.62 bits per heavy atom. The summed E-state index contributed by atoms with van der Waals surface area (Å²) in [5, 5.41) is 7.54. The Balaban J connectivity index is 2.57. The van der Waals surface area contributed by atoms with Crippen LogP contribution in [0.3, 0.4) is 0 Å². The van der Waals surface area contributed by atoms with E-state index in [1.54, 1.807) is 25.1 Å². The molecule has 3 N–H and O–H groups in total. The number of amides is 3. The largest absolute Gasteiger partial charge is 0.493 e. The Bertz CT molecular complexity index is 603. The number of methoxy groups -OCH3 is 2. The Morgan fingerprint density at radius 3 is 2.21 bits per heavy atom. The van der Waals surface area contributed by atoms with Crippen molar-refractivity contribution in [2.24, 2.45) is 0 Å². The standard InChI is InChI=1S/C16H23N3O5/c1-10(12-5-6-13(23-3)14(9-12)24-4)19-16(22)15(21)18-8-7-17-11(2)20/h5-6,9-10H,7-8H2,1-4H3,(H,17,20)(H,18,21)(H,19,22). The number of benzene rings is 1. The molecule has 1 aromatic carbocycles. The first-order valence-corrected chi connectivity index (χ1v) is 7.44. The van der Waals surface area contributed by atoms with Crippen LogP contribution in [0.1, 0.15) is 25.5 Å². The molecule has 24 heavy (non-hydrogen) atoms. The third kappa shape index (κ3) is 5.79. The van der Waals surface area contributed by atoms with Gasteiger partial charge in [-0.2, -0.15) is 0 Å². The maximum absolute atomic E-state index is 11.9. The van der Waals surface area contributed by atoms with E-state index in [4.69, 9.17) is 9.47 Å². The van der Waals surface area contributed by atoms with E-state index in [2.05, 4.69) is 16.0 Å². The number of rotatable bonds is 7. The summed E-state index contributed by atoms with van der Waals surface area (Å²) in [6.07, 6.45) is 0. The highest BCUT2D eigenvalue weighted by Gasteiger charge is 2.17. The maximum atomic E-state index is 11.9. The van der Waals surface area contributed by atoms with E-state index in [1.807, 2.05) is 0 Å². The smallest absolute Gasteiger partial charge is 0.309 e. The molecule has 0 aromatic heterocycles. The lowest BCUT2D eigenvalue weighted by atomic mass is 10.1. The van der Waals surface area contributed by atoms with Crippen molar-refractivity contribution >= 4 is 17.7 Å². The number of carbonyl (C=O) groups is 3. The first kappa shape index (κ1) is 19.3. The van der Waals surface area contributed by atoms with Crippen LogP contribution in [0, 0.1) is 0 Å². The van der Waals surface area contributed by atoms with Crippen molar-refractivity contribution in [1.82, 2.24) is 16.0 Å². The van der Waals surface area contributed by atoms with E-state index in [0.29, 0.717) is 11.5 Å². The number of nitrogens with one attached hydrogen (secondary N) is 3. The molecule has 1 unspecified atom stereocenters. The van der Waals surface area contributed by atoms with Gasteiger partial charge in [-0.25, -0.2) is 0 Å². The Morgan fingerprint density at radius 1 is 1.00 bits per heavy atom. The lowest BCUT2D eigenvalue weighted by Gasteiger charge is -2.16. The van der Waals surface area contributed by atoms with Gasteiger partial charge in [-0.1, -0.05) is 6.07 Å². The van der Waals surface area contributed by atoms with Crippen LogP contribution in [0.4, 0.5) is 0 Å². The molecular weight excluding hydrogens is 314 g/mol. The Labute approximate surface area is 140 Å². The lowest BCUT2D eigenvalue weighted by Crippen LogP contribution is -2.43. The van der Waals surface area contributed by atoms with Gasteiger partial charge in [0.05, 0.1) is 20.3 Å². The van der Waals surface area contributed by atoms with Gasteiger partial charge in [-0.3, -0.25) is 14.4 Å². The molecule has 0 spiro atoms. The van der Waals surface area contributed by atoms with Crippen molar-refractivity contribution in [1.29, 1.82) is 0 Å². The third-order valence-electron chi connectivity index (χ3n) is 3.25. The second-order valence-electron chi connectivity index (χ2n) is 5.05. The van der Waals surface area contributed by atoms with E-state index in [1.165, 1.54) is 21.1 Å². The lowest BCUT2D eigenvalue weighted by molar-refractivity contribution is -0.139. The molecule has 1 aromatic rings. The summed E-state index contributed by atoms with van der Waals surface area (Å²) < 4.78 is 10.4. The van der Waals surface area contributed by atoms with E-state index >= 15 is 0 Å². The van der Waals surface area contributed by atoms with Crippen molar-refractivity contribution in [3.05, 3.63) is 23.8 Å². The van der Waals surface area contributed by atoms with Crippen molar-refractivity contribution in [3.8, 4) is 11.5 Å². The normalized spacial score (nSPS) is 11.2. The zero-order valence-electron chi connectivity index (χ0n) is 14.3. The summed E-state index contributed by atoms with van der Waals surface area (Å²) in [4.78, 5) is 34.3. The first-order chi connectivity index (χ1) is 11.4. The maximum Gasteiger partial charge on any atom is 0.309 e. The van der Waals surface area contributed by atoms with Crippen LogP contribution in [0.25, 0.3) is 0 Å². The molecule has 0 aliphatic carbocycles. The highest BCUT2D eigenvalue weighted by Crippen LogP contribution is 2.29. The van der Waals surface area contributed by atoms with E-state index < -0.39 is 17.9 Å². The predicted octanol–water partition coefficient (Wildman–Crippen LogP) is 0.133. The van der Waals surface area contributed by atoms with Gasteiger partial charge in [0.15, 0.2) is 11.5 Å². The molecule has 8 heteroatoms. The fraction of sp³-hybridized carbons (Fsp3) is 0.438. The summed E-state index contributed by atoms with van der Waals surface area (Å²) in [5.74, 6) is -0.588. The summed E-state index contributed by atoms with van der Waals surface area (Å²) in [6, 6.07) is 4.85. The number of carbonyl (C=O) groups excluding carboxylic acids is 3. The minimum Gasteiger partial charge on any atom is -0.493 e. The van der Waals surface area contributed by atoms with Gasteiger partial charge in [0, 0.05) is 20.0 Å². The molecule has 0 aliphatic heterocycles. The number of ether oxygens (including phenoxy) is 2. The molecule has 0 saturated heterocycles. The molecule has 0 fully saturated rings. The summed E-state index contributed by atoms with van der Waals surface area (Å²) in [5.41, 5.74) is 0.770. The van der Waals surface area contributed by atoms with E-state index in [9.17, 15) is 14.4 Å². The molecule has 3 amide bonds. The molecule has 0 aliphatic rings. The van der Waals surface area contributed by atoms with Gasteiger partial charge in [0.1, 0.15) is 0 Å². The minimum absolute atomic E-state index is 0.177. The van der Waals surface area contributed by atoms with Crippen LogP contribution in [-0.4, -0.2) is 45.0 Å². The molecule has 8 nitrogen and oxygen atoms in total. The van der Waals surface area contributed by atoms with Crippen molar-refractivity contribution in [2.75, 3.05) is 27.3 Å². The second kappa shape index (κ2) is 9.39. The van der Waals surface area contributed by atoms with Gasteiger partial charge >= 0.3 is 11.8 Å². The predicted molar refractivity (Wildman–Crippen MR) is 87.8 cm³/mol. The van der Waals surface area contributed by atoms with Crippen molar-refractivity contribution < 1.29 is 23.9 Å². The summed E-state index contributed by atoms with van der Waals surface area (Å²) in [7, 11) is 3.06. The van der Waals surface area contributed by atoms with E-state index in [0.717, 1.165) is 5.56 Å². The topological polar surface area (TPSA) is 106 Å². The second-order valence-corrected chi connectivity index (χ2v) is 5.05. The fourth-order valence-electron chi connectivity index (χ4n) is 1.96. The fourth-order valence-corrected chi connectivity index (χ4v) is 1.96. The molecule has 0 radical (unpaired) electrons. The van der Waals surface area contributed by atoms with Gasteiger partial charge in [-0.05, 0) is 24.6 Å². The highest BCUT2D eigenvalue weighted by molar-refractivity contribution is 6.35. The van der Waals surface area contributed by atoms with Crippen LogP contribution in [0.5, 0.6) is 11.5 Å². The third-order valence-corrected chi connectivity index (χ3v) is 3.25. The van der Waals surface area contributed by atoms with Crippen LogP contribution in [0.2, 0.25) is 0 Å². The van der Waals surface area contributed by atoms with Crippen LogP contribution in [-0.2, 0) is 14.4 Å². The average Bonchev–Trinajstić information content (AvgIpc) is 2.57. The molecule has 0 heterocycles. The van der Waals surface area contributed by atoms with Gasteiger partial charge < -0.3 is 25.4 Å². The Kier molecular flexibility index (Phi) is 7.54. The summed E-state index contributed by atoms with van der Waals surface area (Å²) >= 11 is 0. The molecule has 1 rings (SSSR count). The van der Waals surface area contributed by atoms with Crippen molar-refractivity contribution in [2.45, 2.75) is 19.9 Å². The molecule has 0 saturated carbocycles. The average molecular weight is 337 g/mol. The quantitative estimate of drug-likeness (QED) is 0.484. The molecule has 1 atom stereocenters. The van der Waals surface area contributed by atoms with Crippen LogP contribution in [0.15, 0.2) is 18.2 Å². The highest BCUT2D eigenvalue weighted by atomic mass is 16.5. The molecular formula is C16H23N3O5. The first-order valence-electron chi connectivity index (χ1n) is 7.44. The SMILES string of the molecule is COc1ccc(C(C)NC(=O)C(=O)NCCNC(C)=O)cc1OC. The van der Waals surface area contributed by atoms with Gasteiger partial charge in [-0.15, -0.1) is 0 Å². The van der Waals surface area contributed by atoms with Crippen LogP contribution < -0.4 is 25.4 Å². The number of hydrogen-bond acceptors (Lipinski definition) is 5. The zero-order chi connectivity index (χ0) is 18.1. The van der Waals surface area contributed by atoms with Gasteiger partial charge in [0.2, 0.25) is 5.91 Å². The monoisotopic (exact) mass is 337 g/mol. The minimum atomic E-state index is -0.757. The number of hydrogen-bond donors (Lipinski definition) is 3. The zero-order valence-corrected chi connectivity index (χ0v) is 14.3. The van der Waals surface area contributed by atoms with E-state index in [-0.39, 0.29) is 19.0 Å². The van der Waals surface area contributed by atoms with Crippen LogP contribution >= 0.6 is 0 Å². The summed E-state index contributed by atoms with van der Waals surface area (Å²) in [6.45, 7) is 3.57. The van der Waals surface area contributed by atoms with Gasteiger partial charge in [0.25, 0.3) is 0 Å². The molecule has 132 valence electrons.